The third-order valence-corrected chi connectivity index (χ3v) is 4.16. The summed E-state index contributed by atoms with van der Waals surface area (Å²) in [5.41, 5.74) is -1.36. The van der Waals surface area contributed by atoms with Crippen LogP contribution < -0.4 is 5.32 Å². The maximum absolute atomic E-state index is 13.0. The quantitative estimate of drug-likeness (QED) is 0.428. The monoisotopic (exact) mass is 382 g/mol. The minimum Gasteiger partial charge on any atom is -0.467 e. The Balaban J connectivity index is 2.94. The van der Waals surface area contributed by atoms with Gasteiger partial charge in [0.05, 0.1) is 13.2 Å². The highest BCUT2D eigenvalue weighted by Gasteiger charge is 2.43. The first-order valence-electron chi connectivity index (χ1n) is 8.85. The second-order valence-corrected chi connectivity index (χ2v) is 8.31. The average molecular weight is 382 g/mol. The van der Waals surface area contributed by atoms with Crippen LogP contribution in [0.1, 0.15) is 53.9 Å². The topological polar surface area (TPSA) is 102 Å². The lowest BCUT2D eigenvalue weighted by atomic mass is 9.99. The molecule has 2 atom stereocenters. The summed E-state index contributed by atoms with van der Waals surface area (Å²) >= 11 is 0. The van der Waals surface area contributed by atoms with E-state index in [4.69, 9.17) is 9.47 Å². The Morgan fingerprint density at radius 1 is 1.15 bits per heavy atom. The first kappa shape index (κ1) is 22.7. The van der Waals surface area contributed by atoms with Crippen molar-refractivity contribution in [3.05, 3.63) is 12.2 Å². The van der Waals surface area contributed by atoms with Crippen LogP contribution >= 0.6 is 0 Å². The van der Waals surface area contributed by atoms with Crippen molar-refractivity contribution in [3.8, 4) is 0 Å². The van der Waals surface area contributed by atoms with Crippen LogP contribution in [-0.2, 0) is 23.9 Å². The number of alkyl carbamates (subject to hydrolysis) is 1. The molecule has 0 unspecified atom stereocenters. The molecule has 0 bridgehead atoms. The van der Waals surface area contributed by atoms with Crippen LogP contribution in [0.15, 0.2) is 12.2 Å². The predicted molar refractivity (Wildman–Crippen MR) is 98.9 cm³/mol. The van der Waals surface area contributed by atoms with E-state index in [1.165, 1.54) is 12.0 Å². The minimum absolute atomic E-state index is 0.0810. The molecule has 1 rings (SSSR count). The Morgan fingerprint density at radius 2 is 1.70 bits per heavy atom. The van der Waals surface area contributed by atoms with Crippen LogP contribution in [0.3, 0.4) is 0 Å². The number of hydrogen-bond donors (Lipinski definition) is 1. The summed E-state index contributed by atoms with van der Waals surface area (Å²) in [4.78, 5) is 49.5. The number of carbonyl (C=O) groups excluding carboxylic acids is 4. The molecule has 8 heteroatoms. The van der Waals surface area contributed by atoms with Crippen molar-refractivity contribution < 1.29 is 28.7 Å². The van der Waals surface area contributed by atoms with E-state index < -0.39 is 35.3 Å². The van der Waals surface area contributed by atoms with Gasteiger partial charge in [-0.1, -0.05) is 6.58 Å². The van der Waals surface area contributed by atoms with E-state index in [9.17, 15) is 19.2 Å². The maximum atomic E-state index is 13.0. The Labute approximate surface area is 160 Å². The molecule has 1 heterocycles. The lowest BCUT2D eigenvalue weighted by Crippen LogP contribution is -2.52. The zero-order valence-electron chi connectivity index (χ0n) is 17.0. The third-order valence-electron chi connectivity index (χ3n) is 4.16. The molecular formula is C19H30N2O6. The van der Waals surface area contributed by atoms with E-state index in [-0.39, 0.29) is 17.9 Å². The Kier molecular flexibility index (Phi) is 7.17. The zero-order chi connectivity index (χ0) is 21.0. The lowest BCUT2D eigenvalue weighted by molar-refractivity contribution is -0.152. The van der Waals surface area contributed by atoms with Gasteiger partial charge in [-0.25, -0.2) is 9.59 Å². The van der Waals surface area contributed by atoms with Crippen LogP contribution in [0.5, 0.6) is 0 Å². The number of esters is 1. The fourth-order valence-electron chi connectivity index (χ4n) is 3.06. The third kappa shape index (κ3) is 6.37. The molecule has 1 aliphatic heterocycles. The molecule has 0 radical (unpaired) electrons. The van der Waals surface area contributed by atoms with Gasteiger partial charge in [0.2, 0.25) is 5.91 Å². The number of nitrogens with zero attached hydrogens (tertiary/aromatic N) is 1. The Hall–Kier alpha value is -2.38. The van der Waals surface area contributed by atoms with Gasteiger partial charge in [0.25, 0.3) is 0 Å². The smallest absolute Gasteiger partial charge is 0.408 e. The number of aldehydes is 1. The van der Waals surface area contributed by atoms with E-state index >= 15 is 0 Å². The van der Waals surface area contributed by atoms with Crippen molar-refractivity contribution in [2.24, 2.45) is 0 Å². The van der Waals surface area contributed by atoms with Gasteiger partial charge in [0.15, 0.2) is 0 Å². The van der Waals surface area contributed by atoms with Crippen LogP contribution in [0.4, 0.5) is 4.79 Å². The number of rotatable bonds is 6. The molecule has 1 N–H and O–H groups in total. The highest BCUT2D eigenvalue weighted by atomic mass is 16.6. The number of carbonyl (C=O) groups is 4. The van der Waals surface area contributed by atoms with Crippen molar-refractivity contribution in [1.29, 1.82) is 0 Å². The summed E-state index contributed by atoms with van der Waals surface area (Å²) in [5, 5.41) is 2.67. The molecule has 8 nitrogen and oxygen atoms in total. The molecule has 1 saturated heterocycles. The largest absolute Gasteiger partial charge is 0.467 e. The van der Waals surface area contributed by atoms with Crippen LogP contribution in [-0.4, -0.2) is 59.5 Å². The first-order chi connectivity index (χ1) is 12.3. The average Bonchev–Trinajstić information content (AvgIpc) is 2.95. The second-order valence-electron chi connectivity index (χ2n) is 8.31. The Bertz CT molecular complexity index is 620. The molecule has 1 aliphatic rings. The van der Waals surface area contributed by atoms with Gasteiger partial charge in [0.1, 0.15) is 17.9 Å². The van der Waals surface area contributed by atoms with E-state index in [2.05, 4.69) is 11.9 Å². The van der Waals surface area contributed by atoms with E-state index in [1.54, 1.807) is 34.6 Å². The summed E-state index contributed by atoms with van der Waals surface area (Å²) in [6.07, 6.45) is 0.704. The molecular weight excluding hydrogens is 352 g/mol. The number of methoxy groups -OCH3 is 1. The fraction of sp³-hybridized carbons (Fsp3) is 0.684. The fourth-order valence-corrected chi connectivity index (χ4v) is 3.06. The second kappa shape index (κ2) is 8.54. The van der Waals surface area contributed by atoms with Crippen LogP contribution in [0.25, 0.3) is 0 Å². The van der Waals surface area contributed by atoms with Crippen molar-refractivity contribution in [3.63, 3.8) is 0 Å². The highest BCUT2D eigenvalue weighted by molar-refractivity contribution is 5.88. The molecule has 0 saturated carbocycles. The molecule has 152 valence electrons. The first-order valence-corrected chi connectivity index (χ1v) is 8.85. The number of nitrogens with one attached hydrogen (secondary N) is 1. The van der Waals surface area contributed by atoms with Gasteiger partial charge >= 0.3 is 12.1 Å². The zero-order valence-corrected chi connectivity index (χ0v) is 17.0. The van der Waals surface area contributed by atoms with Crippen molar-refractivity contribution in [2.45, 2.75) is 77.1 Å². The summed E-state index contributed by atoms with van der Waals surface area (Å²) in [6.45, 7) is 12.3. The molecule has 0 aromatic heterocycles. The maximum Gasteiger partial charge on any atom is 0.408 e. The van der Waals surface area contributed by atoms with E-state index in [0.29, 0.717) is 19.1 Å². The number of hydrogen-bond acceptors (Lipinski definition) is 6. The molecule has 0 aromatic rings. The lowest BCUT2D eigenvalue weighted by Gasteiger charge is -2.33. The normalized spacial score (nSPS) is 20.0. The van der Waals surface area contributed by atoms with Gasteiger partial charge in [-0.15, -0.1) is 0 Å². The number of amides is 2. The number of ether oxygens (including phenoxy) is 2. The molecule has 0 spiro atoms. The van der Waals surface area contributed by atoms with Crippen LogP contribution in [0, 0.1) is 0 Å². The molecule has 27 heavy (non-hydrogen) atoms. The summed E-state index contributed by atoms with van der Waals surface area (Å²) in [7, 11) is 1.25. The SMILES string of the molecule is C=C(C=O)[C@H]1CC[C@@H](C(=O)OC)N1C(=O)CC(C)(C)NC(=O)OC(C)(C)C. The molecule has 0 aliphatic carbocycles. The minimum atomic E-state index is -0.921. The van der Waals surface area contributed by atoms with Crippen molar-refractivity contribution >= 4 is 24.3 Å². The summed E-state index contributed by atoms with van der Waals surface area (Å²) < 4.78 is 10.0. The molecule has 0 aromatic carbocycles. The Morgan fingerprint density at radius 3 is 2.19 bits per heavy atom. The van der Waals surface area contributed by atoms with Gasteiger partial charge in [-0.05, 0) is 47.5 Å². The predicted octanol–water partition coefficient (Wildman–Crippen LogP) is 1.97. The van der Waals surface area contributed by atoms with Gasteiger partial charge < -0.3 is 19.7 Å². The molecule has 2 amide bonds. The van der Waals surface area contributed by atoms with Crippen molar-refractivity contribution in [1.82, 2.24) is 10.2 Å². The summed E-state index contributed by atoms with van der Waals surface area (Å²) in [5.74, 6) is -0.917. The summed E-state index contributed by atoms with van der Waals surface area (Å²) in [6, 6.07) is -1.34. The van der Waals surface area contributed by atoms with Crippen molar-refractivity contribution in [2.75, 3.05) is 7.11 Å². The van der Waals surface area contributed by atoms with Gasteiger partial charge in [-0.3, -0.25) is 9.59 Å². The van der Waals surface area contributed by atoms with Gasteiger partial charge in [0, 0.05) is 17.5 Å². The van der Waals surface area contributed by atoms with Gasteiger partial charge in [-0.2, -0.15) is 0 Å². The van der Waals surface area contributed by atoms with Crippen LogP contribution in [0.2, 0.25) is 0 Å². The highest BCUT2D eigenvalue weighted by Crippen LogP contribution is 2.30. The molecule has 1 fully saturated rings. The number of likely N-dealkylation sites (tertiary alicyclic amines) is 1. The standard InChI is InChI=1S/C19H30N2O6/c1-12(11-22)13-8-9-14(16(24)26-7)21(13)15(23)10-19(5,6)20-17(25)27-18(2,3)4/h11,13-14H,1,8-10H2,2-7H3,(H,20,25)/t13-,14+/m1/s1. The van der Waals surface area contributed by atoms with E-state index in [0.717, 1.165) is 0 Å². The van der Waals surface area contributed by atoms with E-state index in [1.807, 2.05) is 0 Å².